The fraction of sp³-hybridized carbons (Fsp3) is 0.0476. The van der Waals surface area contributed by atoms with E-state index in [9.17, 15) is 0 Å². The van der Waals surface area contributed by atoms with Gasteiger partial charge in [0.2, 0.25) is 0 Å². The summed E-state index contributed by atoms with van der Waals surface area (Å²) in [5.74, 6) is 0. The topological polar surface area (TPSA) is 25.8 Å². The van der Waals surface area contributed by atoms with Gasteiger partial charge in [-0.15, -0.1) is 0 Å². The van der Waals surface area contributed by atoms with Gasteiger partial charge in [-0.2, -0.15) is 0 Å². The van der Waals surface area contributed by atoms with Gasteiger partial charge in [0.15, 0.2) is 0 Å². The van der Waals surface area contributed by atoms with Crippen LogP contribution in [0.3, 0.4) is 0 Å². The van der Waals surface area contributed by atoms with E-state index >= 15 is 0 Å². The quantitative estimate of drug-likeness (QED) is 0.503. The molecular weight excluding hydrogens is 280 g/mol. The first kappa shape index (κ1) is 13.6. The zero-order valence-corrected chi connectivity index (χ0v) is 12.9. The lowest BCUT2D eigenvalue weighted by molar-refractivity contribution is 1.30. The maximum absolute atomic E-state index is 4.96. The molecule has 4 aromatic rings. The summed E-state index contributed by atoms with van der Waals surface area (Å²) in [5.41, 5.74) is 7.43. The number of benzene rings is 2. The van der Waals surface area contributed by atoms with Crippen LogP contribution in [0.2, 0.25) is 0 Å². The van der Waals surface area contributed by atoms with Crippen molar-refractivity contribution in [1.82, 2.24) is 9.97 Å². The minimum absolute atomic E-state index is 0.934. The summed E-state index contributed by atoms with van der Waals surface area (Å²) in [6.45, 7) is 2.08. The van der Waals surface area contributed by atoms with Gasteiger partial charge in [-0.1, -0.05) is 60.7 Å². The third-order valence-corrected chi connectivity index (χ3v) is 4.05. The lowest BCUT2D eigenvalue weighted by atomic mass is 9.98. The van der Waals surface area contributed by atoms with Crippen LogP contribution >= 0.6 is 0 Å². The third kappa shape index (κ3) is 2.49. The maximum atomic E-state index is 4.96. The summed E-state index contributed by atoms with van der Waals surface area (Å²) in [6, 6.07) is 24.9. The molecule has 0 radical (unpaired) electrons. The van der Waals surface area contributed by atoms with Crippen molar-refractivity contribution in [2.75, 3.05) is 0 Å². The standard InChI is InChI=1S/C21H16N2/c1-15-12-13-22-19-14-18(16-8-4-2-5-9-16)21(23-20(15)19)17-10-6-3-7-11-17/h2-14H,1H3. The van der Waals surface area contributed by atoms with Crippen LogP contribution in [0.1, 0.15) is 5.56 Å². The van der Waals surface area contributed by atoms with Crippen LogP contribution in [0.25, 0.3) is 33.4 Å². The maximum Gasteiger partial charge on any atom is 0.0923 e. The molecule has 2 heterocycles. The zero-order chi connectivity index (χ0) is 15.6. The van der Waals surface area contributed by atoms with E-state index in [2.05, 4.69) is 54.4 Å². The summed E-state index contributed by atoms with van der Waals surface area (Å²) < 4.78 is 0. The highest BCUT2D eigenvalue weighted by atomic mass is 14.8. The molecule has 0 amide bonds. The minimum Gasteiger partial charge on any atom is -0.255 e. The zero-order valence-electron chi connectivity index (χ0n) is 12.9. The van der Waals surface area contributed by atoms with Crippen LogP contribution in [0.15, 0.2) is 79.0 Å². The molecule has 0 aliphatic rings. The first-order chi connectivity index (χ1) is 11.3. The second-order valence-corrected chi connectivity index (χ2v) is 5.61. The van der Waals surface area contributed by atoms with E-state index in [4.69, 9.17) is 4.98 Å². The van der Waals surface area contributed by atoms with Gasteiger partial charge in [-0.25, -0.2) is 4.98 Å². The second-order valence-electron chi connectivity index (χ2n) is 5.61. The van der Waals surface area contributed by atoms with Crippen molar-refractivity contribution >= 4 is 11.0 Å². The molecule has 0 N–H and O–H groups in total. The van der Waals surface area contributed by atoms with E-state index in [0.29, 0.717) is 0 Å². The van der Waals surface area contributed by atoms with E-state index in [0.717, 1.165) is 39.0 Å². The lowest BCUT2D eigenvalue weighted by Crippen LogP contribution is -1.94. The molecule has 0 spiro atoms. The monoisotopic (exact) mass is 296 g/mol. The lowest BCUT2D eigenvalue weighted by Gasteiger charge is -2.12. The van der Waals surface area contributed by atoms with Crippen LogP contribution in [-0.2, 0) is 0 Å². The van der Waals surface area contributed by atoms with Gasteiger partial charge in [-0.05, 0) is 30.2 Å². The molecule has 0 aliphatic heterocycles. The molecule has 0 fully saturated rings. The Morgan fingerprint density at radius 2 is 1.39 bits per heavy atom. The summed E-state index contributed by atoms with van der Waals surface area (Å²) >= 11 is 0. The van der Waals surface area contributed by atoms with E-state index in [-0.39, 0.29) is 0 Å². The summed E-state index contributed by atoms with van der Waals surface area (Å²) in [5, 5.41) is 0. The molecule has 0 saturated heterocycles. The summed E-state index contributed by atoms with van der Waals surface area (Å²) in [7, 11) is 0. The van der Waals surface area contributed by atoms with Gasteiger partial charge in [0, 0.05) is 17.3 Å². The van der Waals surface area contributed by atoms with Crippen LogP contribution in [0.5, 0.6) is 0 Å². The number of rotatable bonds is 2. The average molecular weight is 296 g/mol. The van der Waals surface area contributed by atoms with Crippen molar-refractivity contribution < 1.29 is 0 Å². The Balaban J connectivity index is 2.07. The van der Waals surface area contributed by atoms with E-state index < -0.39 is 0 Å². The number of hydrogen-bond acceptors (Lipinski definition) is 2. The Labute approximate surface area is 135 Å². The van der Waals surface area contributed by atoms with E-state index in [1.165, 1.54) is 0 Å². The molecule has 110 valence electrons. The average Bonchev–Trinajstić information content (AvgIpc) is 2.63. The fourth-order valence-corrected chi connectivity index (χ4v) is 2.85. The molecule has 4 rings (SSSR count). The normalized spacial score (nSPS) is 10.8. The Morgan fingerprint density at radius 3 is 2.09 bits per heavy atom. The van der Waals surface area contributed by atoms with Crippen molar-refractivity contribution in [3.63, 3.8) is 0 Å². The number of aromatic nitrogens is 2. The van der Waals surface area contributed by atoms with Crippen molar-refractivity contribution in [1.29, 1.82) is 0 Å². The van der Waals surface area contributed by atoms with Crippen molar-refractivity contribution in [3.8, 4) is 22.4 Å². The first-order valence-corrected chi connectivity index (χ1v) is 7.70. The molecular formula is C21H16N2. The fourth-order valence-electron chi connectivity index (χ4n) is 2.85. The third-order valence-electron chi connectivity index (χ3n) is 4.05. The Kier molecular flexibility index (Phi) is 3.35. The molecule has 0 atom stereocenters. The van der Waals surface area contributed by atoms with Gasteiger partial charge in [0.1, 0.15) is 0 Å². The summed E-state index contributed by atoms with van der Waals surface area (Å²) in [6.07, 6.45) is 1.84. The molecule has 0 aliphatic carbocycles. The van der Waals surface area contributed by atoms with Crippen LogP contribution < -0.4 is 0 Å². The minimum atomic E-state index is 0.934. The van der Waals surface area contributed by atoms with E-state index in [1.807, 2.05) is 36.5 Å². The smallest absolute Gasteiger partial charge is 0.0923 e. The van der Waals surface area contributed by atoms with Crippen molar-refractivity contribution in [2.24, 2.45) is 0 Å². The van der Waals surface area contributed by atoms with Crippen LogP contribution in [0, 0.1) is 6.92 Å². The number of pyridine rings is 2. The highest BCUT2D eigenvalue weighted by molar-refractivity contribution is 5.90. The molecule has 0 bridgehead atoms. The van der Waals surface area contributed by atoms with Crippen LogP contribution in [0.4, 0.5) is 0 Å². The molecule has 2 aromatic carbocycles. The van der Waals surface area contributed by atoms with Crippen LogP contribution in [-0.4, -0.2) is 9.97 Å². The van der Waals surface area contributed by atoms with Gasteiger partial charge < -0.3 is 0 Å². The highest BCUT2D eigenvalue weighted by Crippen LogP contribution is 2.33. The second kappa shape index (κ2) is 5.65. The molecule has 23 heavy (non-hydrogen) atoms. The Bertz CT molecular complexity index is 961. The van der Waals surface area contributed by atoms with Crippen molar-refractivity contribution in [3.05, 3.63) is 84.6 Å². The predicted molar refractivity (Wildman–Crippen MR) is 95.1 cm³/mol. The predicted octanol–water partition coefficient (Wildman–Crippen LogP) is 5.27. The van der Waals surface area contributed by atoms with Gasteiger partial charge in [0.25, 0.3) is 0 Å². The van der Waals surface area contributed by atoms with E-state index in [1.54, 1.807) is 0 Å². The van der Waals surface area contributed by atoms with Crippen molar-refractivity contribution in [2.45, 2.75) is 6.92 Å². The Morgan fingerprint density at radius 1 is 0.739 bits per heavy atom. The van der Waals surface area contributed by atoms with Gasteiger partial charge in [0.05, 0.1) is 16.7 Å². The molecule has 2 nitrogen and oxygen atoms in total. The number of fused-ring (bicyclic) bond motifs is 1. The molecule has 2 aromatic heterocycles. The molecule has 0 saturated carbocycles. The highest BCUT2D eigenvalue weighted by Gasteiger charge is 2.12. The number of aryl methyl sites for hydroxylation is 1. The largest absolute Gasteiger partial charge is 0.255 e. The van der Waals surface area contributed by atoms with Gasteiger partial charge >= 0.3 is 0 Å². The SMILES string of the molecule is Cc1ccnc2cc(-c3ccccc3)c(-c3ccccc3)nc12. The van der Waals surface area contributed by atoms with Gasteiger partial charge in [-0.3, -0.25) is 4.98 Å². The summed E-state index contributed by atoms with van der Waals surface area (Å²) in [4.78, 5) is 9.46. The first-order valence-electron chi connectivity index (χ1n) is 7.70. The number of hydrogen-bond donors (Lipinski definition) is 0. The molecule has 0 unspecified atom stereocenters. The molecule has 2 heteroatoms. The number of nitrogens with zero attached hydrogens (tertiary/aromatic N) is 2. The Hall–Kier alpha value is -3.00.